The fraction of sp³-hybridized carbons (Fsp3) is 0.900. The standard InChI is InChI=1S/C10H21NO3/c1-8(2)4-5-11-7-9(12)6-10(13)14-3/h8-9,11-12H,4-7H2,1-3H3. The Balaban J connectivity index is 3.35. The minimum atomic E-state index is -0.644. The van der Waals surface area contributed by atoms with E-state index < -0.39 is 6.10 Å². The number of ether oxygens (including phenoxy) is 1. The third kappa shape index (κ3) is 8.01. The molecule has 0 rings (SSSR count). The van der Waals surface area contributed by atoms with E-state index in [4.69, 9.17) is 0 Å². The molecule has 1 atom stereocenters. The molecule has 0 saturated carbocycles. The molecule has 0 saturated heterocycles. The molecule has 0 bridgehead atoms. The van der Waals surface area contributed by atoms with Crippen LogP contribution in [0.15, 0.2) is 0 Å². The first kappa shape index (κ1) is 13.4. The highest BCUT2D eigenvalue weighted by atomic mass is 16.5. The minimum absolute atomic E-state index is 0.0607. The number of hydrogen-bond donors (Lipinski definition) is 2. The van der Waals surface area contributed by atoms with E-state index >= 15 is 0 Å². The molecule has 0 aliphatic carbocycles. The van der Waals surface area contributed by atoms with Crippen LogP contribution in [0.4, 0.5) is 0 Å². The van der Waals surface area contributed by atoms with Gasteiger partial charge in [0, 0.05) is 6.54 Å². The highest BCUT2D eigenvalue weighted by Gasteiger charge is 2.09. The zero-order valence-electron chi connectivity index (χ0n) is 9.25. The van der Waals surface area contributed by atoms with Crippen molar-refractivity contribution in [1.82, 2.24) is 5.32 Å². The van der Waals surface area contributed by atoms with E-state index in [-0.39, 0.29) is 12.4 Å². The largest absolute Gasteiger partial charge is 0.469 e. The number of carbonyl (C=O) groups is 1. The number of methoxy groups -OCH3 is 1. The molecule has 1 unspecified atom stereocenters. The number of aliphatic hydroxyl groups is 1. The van der Waals surface area contributed by atoms with Crippen LogP contribution >= 0.6 is 0 Å². The van der Waals surface area contributed by atoms with Crippen LogP contribution in [0, 0.1) is 5.92 Å². The van der Waals surface area contributed by atoms with Gasteiger partial charge >= 0.3 is 5.97 Å². The molecule has 0 aromatic heterocycles. The van der Waals surface area contributed by atoms with Crippen LogP contribution in [0.3, 0.4) is 0 Å². The quantitative estimate of drug-likeness (QED) is 0.468. The van der Waals surface area contributed by atoms with Crippen LogP contribution < -0.4 is 5.32 Å². The number of rotatable bonds is 7. The lowest BCUT2D eigenvalue weighted by Crippen LogP contribution is -2.30. The minimum Gasteiger partial charge on any atom is -0.469 e. The maximum atomic E-state index is 10.8. The van der Waals surface area contributed by atoms with Gasteiger partial charge in [-0.3, -0.25) is 4.79 Å². The Labute approximate surface area is 85.6 Å². The molecule has 0 spiro atoms. The zero-order valence-corrected chi connectivity index (χ0v) is 9.25. The Hall–Kier alpha value is -0.610. The summed E-state index contributed by atoms with van der Waals surface area (Å²) in [5.41, 5.74) is 0. The SMILES string of the molecule is COC(=O)CC(O)CNCCC(C)C. The summed E-state index contributed by atoms with van der Waals surface area (Å²) < 4.78 is 4.44. The Morgan fingerprint density at radius 3 is 2.64 bits per heavy atom. The van der Waals surface area contributed by atoms with Crippen molar-refractivity contribution >= 4 is 5.97 Å². The summed E-state index contributed by atoms with van der Waals surface area (Å²) in [7, 11) is 1.32. The summed E-state index contributed by atoms with van der Waals surface area (Å²) in [6.45, 7) is 5.61. The molecule has 0 aliphatic heterocycles. The van der Waals surface area contributed by atoms with Gasteiger partial charge in [-0.05, 0) is 18.9 Å². The summed E-state index contributed by atoms with van der Waals surface area (Å²) in [4.78, 5) is 10.8. The van der Waals surface area contributed by atoms with E-state index in [9.17, 15) is 9.90 Å². The summed E-state index contributed by atoms with van der Waals surface area (Å²) in [5, 5.41) is 12.4. The van der Waals surface area contributed by atoms with Crippen LogP contribution in [0.25, 0.3) is 0 Å². The molecule has 4 heteroatoms. The molecule has 4 nitrogen and oxygen atoms in total. The van der Waals surface area contributed by atoms with Gasteiger partial charge in [-0.2, -0.15) is 0 Å². The van der Waals surface area contributed by atoms with Crippen molar-refractivity contribution < 1.29 is 14.6 Å². The van der Waals surface area contributed by atoms with Gasteiger partial charge < -0.3 is 15.2 Å². The molecule has 14 heavy (non-hydrogen) atoms. The number of aliphatic hydroxyl groups excluding tert-OH is 1. The monoisotopic (exact) mass is 203 g/mol. The van der Waals surface area contributed by atoms with E-state index in [1.807, 2.05) is 0 Å². The lowest BCUT2D eigenvalue weighted by molar-refractivity contribution is -0.142. The van der Waals surface area contributed by atoms with E-state index in [0.717, 1.165) is 13.0 Å². The Morgan fingerprint density at radius 2 is 2.14 bits per heavy atom. The molecular weight excluding hydrogens is 182 g/mol. The first-order chi connectivity index (χ1) is 6.56. The number of esters is 1. The maximum absolute atomic E-state index is 10.8. The lowest BCUT2D eigenvalue weighted by Gasteiger charge is -2.11. The lowest BCUT2D eigenvalue weighted by atomic mass is 10.1. The van der Waals surface area contributed by atoms with Crippen molar-refractivity contribution in [3.63, 3.8) is 0 Å². The molecule has 0 amide bonds. The third-order valence-electron chi connectivity index (χ3n) is 1.91. The predicted octanol–water partition coefficient (Wildman–Crippen LogP) is 0.546. The first-order valence-electron chi connectivity index (χ1n) is 5.01. The summed E-state index contributed by atoms with van der Waals surface area (Å²) in [6.07, 6.45) is 0.491. The van der Waals surface area contributed by atoms with Gasteiger partial charge in [0.15, 0.2) is 0 Å². The molecule has 0 aromatic carbocycles. The van der Waals surface area contributed by atoms with E-state index in [0.29, 0.717) is 12.5 Å². The number of carbonyl (C=O) groups excluding carboxylic acids is 1. The Kier molecular flexibility index (Phi) is 7.42. The smallest absolute Gasteiger partial charge is 0.308 e. The molecule has 0 fully saturated rings. The molecule has 0 radical (unpaired) electrons. The van der Waals surface area contributed by atoms with Gasteiger partial charge in [-0.25, -0.2) is 0 Å². The number of hydrogen-bond acceptors (Lipinski definition) is 4. The number of nitrogens with one attached hydrogen (secondary N) is 1. The van der Waals surface area contributed by atoms with Crippen molar-refractivity contribution in [2.24, 2.45) is 5.92 Å². The highest BCUT2D eigenvalue weighted by molar-refractivity contribution is 5.69. The summed E-state index contributed by atoms with van der Waals surface area (Å²) >= 11 is 0. The van der Waals surface area contributed by atoms with Crippen molar-refractivity contribution in [2.45, 2.75) is 32.8 Å². The first-order valence-corrected chi connectivity index (χ1v) is 5.01. The van der Waals surface area contributed by atoms with Crippen LogP contribution in [0.2, 0.25) is 0 Å². The Bertz CT molecular complexity index is 159. The van der Waals surface area contributed by atoms with Crippen LogP contribution in [-0.2, 0) is 9.53 Å². The second-order valence-corrected chi connectivity index (χ2v) is 3.82. The maximum Gasteiger partial charge on any atom is 0.308 e. The van der Waals surface area contributed by atoms with Gasteiger partial charge in [-0.15, -0.1) is 0 Å². The normalized spacial score (nSPS) is 12.9. The third-order valence-corrected chi connectivity index (χ3v) is 1.91. The fourth-order valence-corrected chi connectivity index (χ4v) is 1.01. The van der Waals surface area contributed by atoms with Crippen molar-refractivity contribution in [3.8, 4) is 0 Å². The molecule has 0 aliphatic rings. The van der Waals surface area contributed by atoms with E-state index in [1.165, 1.54) is 7.11 Å². The van der Waals surface area contributed by atoms with Crippen LogP contribution in [0.5, 0.6) is 0 Å². The van der Waals surface area contributed by atoms with Gasteiger partial charge in [0.25, 0.3) is 0 Å². The molecule has 2 N–H and O–H groups in total. The van der Waals surface area contributed by atoms with Crippen LogP contribution in [0.1, 0.15) is 26.7 Å². The van der Waals surface area contributed by atoms with Gasteiger partial charge in [-0.1, -0.05) is 13.8 Å². The Morgan fingerprint density at radius 1 is 1.50 bits per heavy atom. The van der Waals surface area contributed by atoms with E-state index in [1.54, 1.807) is 0 Å². The van der Waals surface area contributed by atoms with Gasteiger partial charge in [0.1, 0.15) is 0 Å². The average molecular weight is 203 g/mol. The highest BCUT2D eigenvalue weighted by Crippen LogP contribution is 1.97. The molecule has 84 valence electrons. The topological polar surface area (TPSA) is 58.6 Å². The van der Waals surface area contributed by atoms with Crippen molar-refractivity contribution in [2.75, 3.05) is 20.2 Å². The van der Waals surface area contributed by atoms with Gasteiger partial charge in [0.05, 0.1) is 19.6 Å². The predicted molar refractivity (Wildman–Crippen MR) is 55.0 cm³/mol. The fourth-order valence-electron chi connectivity index (χ4n) is 1.01. The van der Waals surface area contributed by atoms with Crippen LogP contribution in [-0.4, -0.2) is 37.4 Å². The zero-order chi connectivity index (χ0) is 11.0. The molecule has 0 aromatic rings. The van der Waals surface area contributed by atoms with Crippen molar-refractivity contribution in [1.29, 1.82) is 0 Å². The second kappa shape index (κ2) is 7.76. The van der Waals surface area contributed by atoms with Crippen molar-refractivity contribution in [3.05, 3.63) is 0 Å². The summed E-state index contributed by atoms with van der Waals surface area (Å²) in [5.74, 6) is 0.281. The van der Waals surface area contributed by atoms with E-state index in [2.05, 4.69) is 23.9 Å². The average Bonchev–Trinajstić information content (AvgIpc) is 2.12. The molecule has 0 heterocycles. The second-order valence-electron chi connectivity index (χ2n) is 3.82. The summed E-state index contributed by atoms with van der Waals surface area (Å²) in [6, 6.07) is 0. The van der Waals surface area contributed by atoms with Gasteiger partial charge in [0.2, 0.25) is 0 Å². The molecular formula is C10H21NO3.